The minimum atomic E-state index is -0.602. The Bertz CT molecular complexity index is 397. The predicted molar refractivity (Wildman–Crippen MR) is 58.7 cm³/mol. The maximum absolute atomic E-state index is 11.2. The molecule has 1 atom stereocenters. The van der Waals surface area contributed by atoms with Crippen molar-refractivity contribution in [1.29, 1.82) is 0 Å². The van der Waals surface area contributed by atoms with Crippen LogP contribution < -0.4 is 16.6 Å². The lowest BCUT2D eigenvalue weighted by Crippen LogP contribution is -2.42. The van der Waals surface area contributed by atoms with Crippen LogP contribution in [0, 0.1) is 0 Å². The molecule has 0 fully saturated rings. The van der Waals surface area contributed by atoms with Gasteiger partial charge in [-0.1, -0.05) is 0 Å². The van der Waals surface area contributed by atoms with E-state index in [1.165, 1.54) is 6.33 Å². The van der Waals surface area contributed by atoms with E-state index >= 15 is 0 Å². The molecule has 0 spiro atoms. The summed E-state index contributed by atoms with van der Waals surface area (Å²) in [5.41, 5.74) is 4.56. The Morgan fingerprint density at radius 3 is 2.80 bits per heavy atom. The van der Waals surface area contributed by atoms with Crippen LogP contribution in [0.15, 0.2) is 11.1 Å². The van der Waals surface area contributed by atoms with Crippen molar-refractivity contribution in [2.45, 2.75) is 32.4 Å². The average molecular weight is 212 g/mol. The number of nitrogens with one attached hydrogen (secondary N) is 2. The molecular formula is C9H16N4O2. The number of hydrogen-bond acceptors (Lipinski definition) is 5. The molecule has 6 nitrogen and oxygen atoms in total. The molecule has 1 heterocycles. The van der Waals surface area contributed by atoms with Crippen LogP contribution in [-0.2, 0) is 0 Å². The molecule has 0 bridgehead atoms. The summed E-state index contributed by atoms with van der Waals surface area (Å²) < 4.78 is 0. The molecule has 1 unspecified atom stereocenters. The van der Waals surface area contributed by atoms with E-state index in [9.17, 15) is 9.90 Å². The van der Waals surface area contributed by atoms with E-state index in [-0.39, 0.29) is 11.5 Å². The van der Waals surface area contributed by atoms with Crippen LogP contribution in [0.1, 0.15) is 20.8 Å². The molecular weight excluding hydrogens is 196 g/mol. The molecule has 0 saturated heterocycles. The number of nitrogens with zero attached hydrogens (tertiary/aromatic N) is 1. The molecule has 0 aliphatic carbocycles. The summed E-state index contributed by atoms with van der Waals surface area (Å²) in [5, 5.41) is 12.4. The number of aromatic amines is 1. The Labute approximate surface area is 87.5 Å². The zero-order valence-corrected chi connectivity index (χ0v) is 9.03. The first-order chi connectivity index (χ1) is 6.84. The van der Waals surface area contributed by atoms with E-state index in [1.54, 1.807) is 20.8 Å². The second kappa shape index (κ2) is 3.90. The van der Waals surface area contributed by atoms with E-state index in [4.69, 9.17) is 5.73 Å². The molecule has 1 aromatic heterocycles. The average Bonchev–Trinajstić information content (AvgIpc) is 2.12. The minimum Gasteiger partial charge on any atom is -0.391 e. The van der Waals surface area contributed by atoms with Gasteiger partial charge in [0.2, 0.25) is 0 Å². The van der Waals surface area contributed by atoms with Crippen molar-refractivity contribution in [2.24, 2.45) is 0 Å². The smallest absolute Gasteiger partial charge is 0.276 e. The molecule has 0 aliphatic rings. The quantitative estimate of drug-likeness (QED) is 0.561. The van der Waals surface area contributed by atoms with Gasteiger partial charge in [0.15, 0.2) is 5.82 Å². The lowest BCUT2D eigenvalue weighted by Gasteiger charge is -2.30. The third-order valence-corrected chi connectivity index (χ3v) is 2.37. The topological polar surface area (TPSA) is 104 Å². The Kier molecular flexibility index (Phi) is 2.99. The normalized spacial score (nSPS) is 13.6. The fourth-order valence-electron chi connectivity index (χ4n) is 0.919. The molecule has 0 aromatic carbocycles. The number of rotatable bonds is 3. The predicted octanol–water partition coefficient (Wildman–Crippen LogP) is -0.0766. The Hall–Kier alpha value is -1.56. The van der Waals surface area contributed by atoms with Crippen LogP contribution >= 0.6 is 0 Å². The van der Waals surface area contributed by atoms with Crippen LogP contribution in [0.25, 0.3) is 0 Å². The summed E-state index contributed by atoms with van der Waals surface area (Å²) in [5.74, 6) is 0.282. The van der Waals surface area contributed by atoms with Gasteiger partial charge in [0.25, 0.3) is 5.56 Å². The van der Waals surface area contributed by atoms with Crippen molar-refractivity contribution in [3.63, 3.8) is 0 Å². The maximum atomic E-state index is 11.2. The second-order valence-electron chi connectivity index (χ2n) is 4.02. The second-order valence-corrected chi connectivity index (χ2v) is 4.02. The van der Waals surface area contributed by atoms with Crippen LogP contribution in [0.2, 0.25) is 0 Å². The minimum absolute atomic E-state index is 0.0197. The third-order valence-electron chi connectivity index (χ3n) is 2.37. The first-order valence-corrected chi connectivity index (χ1v) is 4.64. The Balaban J connectivity index is 3.00. The molecule has 0 radical (unpaired) electrons. The number of anilines is 2. The molecule has 0 saturated carbocycles. The highest BCUT2D eigenvalue weighted by molar-refractivity contribution is 5.60. The Morgan fingerprint density at radius 1 is 1.67 bits per heavy atom. The van der Waals surface area contributed by atoms with Crippen LogP contribution in [0.4, 0.5) is 11.5 Å². The highest BCUT2D eigenvalue weighted by Crippen LogP contribution is 2.18. The highest BCUT2D eigenvalue weighted by Gasteiger charge is 2.25. The molecule has 0 aliphatic heterocycles. The maximum Gasteiger partial charge on any atom is 0.276 e. The van der Waals surface area contributed by atoms with Crippen molar-refractivity contribution < 1.29 is 5.11 Å². The number of H-pyrrole nitrogens is 1. The molecule has 1 rings (SSSR count). The van der Waals surface area contributed by atoms with Gasteiger partial charge in [0, 0.05) is 0 Å². The summed E-state index contributed by atoms with van der Waals surface area (Å²) in [4.78, 5) is 17.4. The van der Waals surface area contributed by atoms with Crippen molar-refractivity contribution in [3.8, 4) is 0 Å². The molecule has 15 heavy (non-hydrogen) atoms. The number of nitrogen functional groups attached to an aromatic ring is 1. The van der Waals surface area contributed by atoms with Gasteiger partial charge in [-0.3, -0.25) is 4.79 Å². The van der Waals surface area contributed by atoms with E-state index in [2.05, 4.69) is 15.3 Å². The van der Waals surface area contributed by atoms with Gasteiger partial charge in [-0.05, 0) is 20.8 Å². The van der Waals surface area contributed by atoms with Crippen LogP contribution in [0.3, 0.4) is 0 Å². The van der Waals surface area contributed by atoms with Gasteiger partial charge in [0.05, 0.1) is 18.0 Å². The fourth-order valence-corrected chi connectivity index (χ4v) is 0.919. The molecule has 84 valence electrons. The molecule has 1 aromatic rings. The van der Waals surface area contributed by atoms with E-state index in [1.807, 2.05) is 0 Å². The SMILES string of the molecule is CC(O)C(C)(C)Nc1nc[nH]c(=O)c1N. The van der Waals surface area contributed by atoms with Crippen LogP contribution in [-0.4, -0.2) is 26.7 Å². The van der Waals surface area contributed by atoms with Gasteiger partial charge in [0.1, 0.15) is 5.69 Å². The highest BCUT2D eigenvalue weighted by atomic mass is 16.3. The summed E-state index contributed by atoms with van der Waals surface area (Å²) in [6.07, 6.45) is 0.664. The largest absolute Gasteiger partial charge is 0.391 e. The Morgan fingerprint density at radius 2 is 2.27 bits per heavy atom. The zero-order chi connectivity index (χ0) is 11.6. The summed E-state index contributed by atoms with van der Waals surface area (Å²) in [6.45, 7) is 5.23. The number of hydrogen-bond donors (Lipinski definition) is 4. The van der Waals surface area contributed by atoms with Gasteiger partial charge >= 0.3 is 0 Å². The molecule has 5 N–H and O–H groups in total. The van der Waals surface area contributed by atoms with Crippen molar-refractivity contribution in [3.05, 3.63) is 16.7 Å². The van der Waals surface area contributed by atoms with Gasteiger partial charge < -0.3 is 21.1 Å². The number of aliphatic hydroxyl groups excluding tert-OH is 1. The lowest BCUT2D eigenvalue weighted by atomic mass is 9.99. The van der Waals surface area contributed by atoms with Crippen LogP contribution in [0.5, 0.6) is 0 Å². The van der Waals surface area contributed by atoms with Gasteiger partial charge in [-0.25, -0.2) is 4.98 Å². The summed E-state index contributed by atoms with van der Waals surface area (Å²) in [6, 6.07) is 0. The van der Waals surface area contributed by atoms with E-state index in [0.717, 1.165) is 0 Å². The monoisotopic (exact) mass is 212 g/mol. The number of aromatic nitrogens is 2. The third kappa shape index (κ3) is 2.47. The van der Waals surface area contributed by atoms with Crippen molar-refractivity contribution >= 4 is 11.5 Å². The zero-order valence-electron chi connectivity index (χ0n) is 9.03. The van der Waals surface area contributed by atoms with Crippen molar-refractivity contribution in [2.75, 3.05) is 11.1 Å². The standard InChI is InChI=1S/C9H16N4O2/c1-5(14)9(2,3)13-7-6(10)8(15)12-4-11-7/h4-5,14H,10H2,1-3H3,(H2,11,12,13,15). The van der Waals surface area contributed by atoms with E-state index in [0.29, 0.717) is 0 Å². The fraction of sp³-hybridized carbons (Fsp3) is 0.556. The van der Waals surface area contributed by atoms with E-state index < -0.39 is 17.2 Å². The summed E-state index contributed by atoms with van der Waals surface area (Å²) >= 11 is 0. The van der Waals surface area contributed by atoms with Crippen molar-refractivity contribution in [1.82, 2.24) is 9.97 Å². The summed E-state index contributed by atoms with van der Waals surface area (Å²) in [7, 11) is 0. The first-order valence-electron chi connectivity index (χ1n) is 4.64. The lowest BCUT2D eigenvalue weighted by molar-refractivity contribution is 0.133. The number of nitrogens with two attached hydrogens (primary N) is 1. The number of aliphatic hydroxyl groups is 1. The molecule has 0 amide bonds. The first kappa shape index (κ1) is 11.5. The van der Waals surface area contributed by atoms with Gasteiger partial charge in [-0.15, -0.1) is 0 Å². The van der Waals surface area contributed by atoms with Gasteiger partial charge in [-0.2, -0.15) is 0 Å². The molecule has 6 heteroatoms.